The van der Waals surface area contributed by atoms with Gasteiger partial charge < -0.3 is 4.90 Å². The van der Waals surface area contributed by atoms with Gasteiger partial charge in [-0.25, -0.2) is 0 Å². The molecule has 2 saturated carbocycles. The topological polar surface area (TPSA) is 32.3 Å². The third-order valence-electron chi connectivity index (χ3n) is 5.99. The Bertz CT molecular complexity index is 354. The molecule has 3 fully saturated rings. The maximum atomic E-state index is 12.7. The highest BCUT2D eigenvalue weighted by molar-refractivity contribution is 5.89. The fraction of sp³-hybridized carbons (Fsp3) is 0.941. The Hall–Kier alpha value is -0.570. The fourth-order valence-electron chi connectivity index (χ4n) is 4.56. The molecule has 1 saturated heterocycles. The summed E-state index contributed by atoms with van der Waals surface area (Å²) in [5.41, 5.74) is -0.180. The smallest absolute Gasteiger partial charge is 0.244 e. The second-order valence-electron chi connectivity index (χ2n) is 7.52. The van der Waals surface area contributed by atoms with Gasteiger partial charge in [0.25, 0.3) is 0 Å². The maximum Gasteiger partial charge on any atom is 0.244 e. The highest BCUT2D eigenvalue weighted by Crippen LogP contribution is 2.37. The van der Waals surface area contributed by atoms with E-state index in [1.807, 2.05) is 0 Å². The summed E-state index contributed by atoms with van der Waals surface area (Å²) in [6, 6.07) is 0. The molecule has 3 heteroatoms. The van der Waals surface area contributed by atoms with Crippen molar-refractivity contribution in [2.45, 2.75) is 83.3 Å². The van der Waals surface area contributed by atoms with Gasteiger partial charge in [0.05, 0.1) is 11.7 Å². The molecule has 3 nitrogen and oxygen atoms in total. The van der Waals surface area contributed by atoms with E-state index in [1.165, 1.54) is 44.9 Å². The molecule has 1 heterocycles. The molecule has 114 valence electrons. The Labute approximate surface area is 123 Å². The predicted octanol–water partition coefficient (Wildman–Crippen LogP) is 3.29. The van der Waals surface area contributed by atoms with Crippen LogP contribution in [0.5, 0.6) is 0 Å². The van der Waals surface area contributed by atoms with Crippen LogP contribution in [0.4, 0.5) is 0 Å². The summed E-state index contributed by atoms with van der Waals surface area (Å²) < 4.78 is 0. The van der Waals surface area contributed by atoms with Gasteiger partial charge in [0.2, 0.25) is 5.91 Å². The van der Waals surface area contributed by atoms with E-state index < -0.39 is 0 Å². The van der Waals surface area contributed by atoms with Crippen LogP contribution in [-0.2, 0) is 4.79 Å². The van der Waals surface area contributed by atoms with Crippen LogP contribution in [0.2, 0.25) is 0 Å². The molecule has 0 bridgehead atoms. The van der Waals surface area contributed by atoms with E-state index in [0.29, 0.717) is 5.91 Å². The third kappa shape index (κ3) is 2.61. The van der Waals surface area contributed by atoms with Crippen LogP contribution in [0.15, 0.2) is 0 Å². The first-order valence-electron chi connectivity index (χ1n) is 8.69. The molecule has 1 aliphatic heterocycles. The largest absolute Gasteiger partial charge is 0.326 e. The lowest BCUT2D eigenvalue weighted by molar-refractivity contribution is -0.133. The van der Waals surface area contributed by atoms with Crippen LogP contribution in [0.1, 0.15) is 71.6 Å². The van der Waals surface area contributed by atoms with Gasteiger partial charge in [-0.05, 0) is 38.0 Å². The lowest BCUT2D eigenvalue weighted by Crippen LogP contribution is -2.44. The molecule has 0 aromatic heterocycles. The Morgan fingerprint density at radius 1 is 1.15 bits per heavy atom. The first-order valence-corrected chi connectivity index (χ1v) is 8.69. The molecule has 1 spiro atoms. The average Bonchev–Trinajstić information content (AvgIpc) is 2.98. The molecular formula is C17H30N2O. The molecule has 20 heavy (non-hydrogen) atoms. The van der Waals surface area contributed by atoms with Crippen LogP contribution in [0.25, 0.3) is 0 Å². The standard InChI is InChI=1S/C17H30N2O/c1-13-5-7-15(8-6-13)9-12-19-14(2)18-17(16(19)20)10-3-4-11-17/h13-15,18H,3-12H2,1-2H3. The molecule has 3 rings (SSSR count). The minimum absolute atomic E-state index is 0.180. The van der Waals surface area contributed by atoms with Crippen molar-refractivity contribution in [3.8, 4) is 0 Å². The number of carbonyl (C=O) groups is 1. The summed E-state index contributed by atoms with van der Waals surface area (Å²) in [4.78, 5) is 14.9. The summed E-state index contributed by atoms with van der Waals surface area (Å²) in [6.45, 7) is 5.50. The first kappa shape index (κ1) is 14.4. The molecule has 1 N–H and O–H groups in total. The summed E-state index contributed by atoms with van der Waals surface area (Å²) in [6.07, 6.45) is 11.5. The average molecular weight is 278 g/mol. The van der Waals surface area contributed by atoms with Crippen LogP contribution in [0.3, 0.4) is 0 Å². The van der Waals surface area contributed by atoms with Crippen molar-refractivity contribution in [1.29, 1.82) is 0 Å². The molecule has 0 aromatic rings. The van der Waals surface area contributed by atoms with E-state index in [-0.39, 0.29) is 11.7 Å². The Morgan fingerprint density at radius 2 is 1.80 bits per heavy atom. The first-order chi connectivity index (χ1) is 9.61. The predicted molar refractivity (Wildman–Crippen MR) is 81.2 cm³/mol. The summed E-state index contributed by atoms with van der Waals surface area (Å²) in [7, 11) is 0. The molecule has 0 aromatic carbocycles. The van der Waals surface area contributed by atoms with Crippen LogP contribution >= 0.6 is 0 Å². The van der Waals surface area contributed by atoms with E-state index in [4.69, 9.17) is 0 Å². The van der Waals surface area contributed by atoms with Crippen LogP contribution in [-0.4, -0.2) is 29.1 Å². The van der Waals surface area contributed by atoms with Gasteiger partial charge in [0, 0.05) is 6.54 Å². The fourth-order valence-corrected chi connectivity index (χ4v) is 4.56. The molecule has 1 atom stereocenters. The van der Waals surface area contributed by atoms with Crippen molar-refractivity contribution >= 4 is 5.91 Å². The molecule has 2 aliphatic carbocycles. The number of rotatable bonds is 3. The summed E-state index contributed by atoms with van der Waals surface area (Å²) in [5, 5.41) is 3.60. The minimum atomic E-state index is -0.180. The monoisotopic (exact) mass is 278 g/mol. The van der Waals surface area contributed by atoms with Crippen molar-refractivity contribution in [3.63, 3.8) is 0 Å². The van der Waals surface area contributed by atoms with Crippen molar-refractivity contribution in [2.75, 3.05) is 6.54 Å². The number of nitrogens with one attached hydrogen (secondary N) is 1. The van der Waals surface area contributed by atoms with Crippen molar-refractivity contribution in [2.24, 2.45) is 11.8 Å². The minimum Gasteiger partial charge on any atom is -0.326 e. The van der Waals surface area contributed by atoms with Gasteiger partial charge >= 0.3 is 0 Å². The number of nitrogens with zero attached hydrogens (tertiary/aromatic N) is 1. The molecule has 1 amide bonds. The second-order valence-corrected chi connectivity index (χ2v) is 7.52. The van der Waals surface area contributed by atoms with E-state index in [2.05, 4.69) is 24.1 Å². The number of amides is 1. The molecule has 3 aliphatic rings. The Balaban J connectivity index is 1.53. The van der Waals surface area contributed by atoms with Gasteiger partial charge in [0.15, 0.2) is 0 Å². The highest BCUT2D eigenvalue weighted by Gasteiger charge is 2.50. The molecule has 1 unspecified atom stereocenters. The van der Waals surface area contributed by atoms with Gasteiger partial charge in [-0.15, -0.1) is 0 Å². The van der Waals surface area contributed by atoms with Crippen LogP contribution in [0, 0.1) is 11.8 Å². The van der Waals surface area contributed by atoms with Gasteiger partial charge in [-0.2, -0.15) is 0 Å². The number of hydrogen-bond donors (Lipinski definition) is 1. The Kier molecular flexibility index (Phi) is 4.07. The number of carbonyl (C=O) groups excluding carboxylic acids is 1. The van der Waals surface area contributed by atoms with E-state index in [0.717, 1.165) is 31.2 Å². The maximum absolute atomic E-state index is 12.7. The SMILES string of the molecule is CC1CCC(CCN2C(=O)C3(CCCC3)NC2C)CC1. The van der Waals surface area contributed by atoms with E-state index in [9.17, 15) is 4.79 Å². The third-order valence-corrected chi connectivity index (χ3v) is 5.99. The van der Waals surface area contributed by atoms with Crippen molar-refractivity contribution in [1.82, 2.24) is 10.2 Å². The lowest BCUT2D eigenvalue weighted by Gasteiger charge is -2.29. The highest BCUT2D eigenvalue weighted by atomic mass is 16.2. The zero-order valence-corrected chi connectivity index (χ0v) is 13.2. The van der Waals surface area contributed by atoms with E-state index in [1.54, 1.807) is 0 Å². The normalized spacial score (nSPS) is 37.0. The van der Waals surface area contributed by atoms with Gasteiger partial charge in [-0.1, -0.05) is 45.4 Å². The van der Waals surface area contributed by atoms with Crippen LogP contribution < -0.4 is 5.32 Å². The number of hydrogen-bond acceptors (Lipinski definition) is 2. The van der Waals surface area contributed by atoms with E-state index >= 15 is 0 Å². The molecule has 0 radical (unpaired) electrons. The zero-order valence-electron chi connectivity index (χ0n) is 13.2. The van der Waals surface area contributed by atoms with Crippen molar-refractivity contribution in [3.05, 3.63) is 0 Å². The summed E-state index contributed by atoms with van der Waals surface area (Å²) in [5.74, 6) is 2.17. The Morgan fingerprint density at radius 3 is 2.45 bits per heavy atom. The van der Waals surface area contributed by atoms with Gasteiger partial charge in [-0.3, -0.25) is 10.1 Å². The van der Waals surface area contributed by atoms with Gasteiger partial charge in [0.1, 0.15) is 0 Å². The zero-order chi connectivity index (χ0) is 14.2. The molecular weight excluding hydrogens is 248 g/mol. The second kappa shape index (κ2) is 5.67. The lowest BCUT2D eigenvalue weighted by atomic mass is 9.81. The quantitative estimate of drug-likeness (QED) is 0.859. The summed E-state index contributed by atoms with van der Waals surface area (Å²) >= 11 is 0. The van der Waals surface area contributed by atoms with Crippen molar-refractivity contribution < 1.29 is 4.79 Å².